The fourth-order valence-corrected chi connectivity index (χ4v) is 3.87. The minimum Gasteiger partial charge on any atom is -0.385 e. The third kappa shape index (κ3) is 3.08. The van der Waals surface area contributed by atoms with Gasteiger partial charge in [-0.2, -0.15) is 0 Å². The van der Waals surface area contributed by atoms with Gasteiger partial charge in [0, 0.05) is 23.2 Å². The zero-order chi connectivity index (χ0) is 14.8. The second kappa shape index (κ2) is 6.10. The van der Waals surface area contributed by atoms with E-state index in [4.69, 9.17) is 0 Å². The van der Waals surface area contributed by atoms with Crippen LogP contribution in [0.25, 0.3) is 0 Å². The molecule has 3 rings (SSSR count). The molecule has 2 N–H and O–H groups in total. The van der Waals surface area contributed by atoms with E-state index in [9.17, 15) is 0 Å². The first-order valence-corrected chi connectivity index (χ1v) is 8.29. The Morgan fingerprint density at radius 2 is 2.10 bits per heavy atom. The van der Waals surface area contributed by atoms with E-state index in [2.05, 4.69) is 70.7 Å². The third-order valence-corrected chi connectivity index (χ3v) is 4.67. The summed E-state index contributed by atoms with van der Waals surface area (Å²) in [5.41, 5.74) is 7.87. The first-order valence-electron chi connectivity index (χ1n) is 7.50. The minimum atomic E-state index is 0.846. The number of fused-ring (bicyclic) bond motifs is 1. The van der Waals surface area contributed by atoms with Gasteiger partial charge in [0.2, 0.25) is 0 Å². The fraction of sp³-hybridized carbons (Fsp3) is 0.333. The summed E-state index contributed by atoms with van der Waals surface area (Å²) in [6.07, 6.45) is 2.41. The Morgan fingerprint density at radius 3 is 2.90 bits per heavy atom. The maximum atomic E-state index is 3.67. The van der Waals surface area contributed by atoms with Crippen molar-refractivity contribution in [2.75, 3.05) is 17.2 Å². The molecule has 0 saturated carbocycles. The number of halogens is 1. The monoisotopic (exact) mass is 344 g/mol. The Kier molecular flexibility index (Phi) is 4.20. The van der Waals surface area contributed by atoms with Crippen molar-refractivity contribution in [1.82, 2.24) is 0 Å². The molecule has 110 valence electrons. The van der Waals surface area contributed by atoms with Gasteiger partial charge < -0.3 is 10.6 Å². The molecule has 0 fully saturated rings. The first-order chi connectivity index (χ1) is 10.1. The van der Waals surface area contributed by atoms with Crippen LogP contribution in [0.1, 0.15) is 28.7 Å². The van der Waals surface area contributed by atoms with Gasteiger partial charge in [-0.15, -0.1) is 0 Å². The van der Waals surface area contributed by atoms with Crippen LogP contribution in [0.5, 0.6) is 0 Å². The topological polar surface area (TPSA) is 24.1 Å². The van der Waals surface area contributed by atoms with Crippen molar-refractivity contribution in [3.05, 3.63) is 57.1 Å². The molecule has 0 radical (unpaired) electrons. The lowest BCUT2D eigenvalue weighted by atomic mass is 9.99. The Morgan fingerprint density at radius 1 is 1.24 bits per heavy atom. The second-order valence-electron chi connectivity index (χ2n) is 5.77. The minimum absolute atomic E-state index is 0.846. The zero-order valence-corrected chi connectivity index (χ0v) is 14.2. The lowest BCUT2D eigenvalue weighted by molar-refractivity contribution is 0.825. The number of para-hydroxylation sites is 1. The second-order valence-corrected chi connectivity index (χ2v) is 6.63. The number of hydrogen-bond acceptors (Lipinski definition) is 2. The lowest BCUT2D eigenvalue weighted by Gasteiger charge is -2.22. The van der Waals surface area contributed by atoms with E-state index in [-0.39, 0.29) is 0 Å². The van der Waals surface area contributed by atoms with Crippen molar-refractivity contribution in [2.45, 2.75) is 33.2 Å². The van der Waals surface area contributed by atoms with Crippen molar-refractivity contribution >= 4 is 27.3 Å². The van der Waals surface area contributed by atoms with Crippen molar-refractivity contribution in [2.24, 2.45) is 0 Å². The molecule has 0 bridgehead atoms. The smallest absolute Gasteiger partial charge is 0.0517 e. The summed E-state index contributed by atoms with van der Waals surface area (Å²) in [5, 5.41) is 7.14. The van der Waals surface area contributed by atoms with E-state index < -0.39 is 0 Å². The molecular formula is C18H21BrN2. The molecule has 21 heavy (non-hydrogen) atoms. The largest absolute Gasteiger partial charge is 0.385 e. The van der Waals surface area contributed by atoms with Crippen LogP contribution in [0.15, 0.2) is 34.8 Å². The molecule has 2 aromatic rings. The number of nitrogens with one attached hydrogen (secondary N) is 2. The standard InChI is InChI=1S/C18H21BrN2/c1-12-9-13(2)17(16(19)10-12)21-11-15-6-3-5-14-7-4-8-20-18(14)15/h3,5-6,9-10,20-21H,4,7-8,11H2,1-2H3. The normalized spacial score (nSPS) is 13.5. The van der Waals surface area contributed by atoms with Crippen LogP contribution in [-0.2, 0) is 13.0 Å². The highest BCUT2D eigenvalue weighted by Crippen LogP contribution is 2.30. The molecule has 0 amide bonds. The van der Waals surface area contributed by atoms with Crippen LogP contribution in [-0.4, -0.2) is 6.54 Å². The summed E-state index contributed by atoms with van der Waals surface area (Å²) in [5.74, 6) is 0. The molecule has 2 nitrogen and oxygen atoms in total. The van der Waals surface area contributed by atoms with Crippen molar-refractivity contribution in [1.29, 1.82) is 0 Å². The fourth-order valence-electron chi connectivity index (χ4n) is 3.05. The van der Waals surface area contributed by atoms with E-state index in [1.54, 1.807) is 0 Å². The molecule has 0 atom stereocenters. The zero-order valence-electron chi connectivity index (χ0n) is 12.6. The van der Waals surface area contributed by atoms with Crippen LogP contribution in [0.4, 0.5) is 11.4 Å². The van der Waals surface area contributed by atoms with E-state index in [1.807, 2.05) is 0 Å². The number of hydrogen-bond donors (Lipinski definition) is 2. The maximum Gasteiger partial charge on any atom is 0.0517 e. The van der Waals surface area contributed by atoms with Gasteiger partial charge in [-0.25, -0.2) is 0 Å². The lowest BCUT2D eigenvalue weighted by Crippen LogP contribution is -2.15. The van der Waals surface area contributed by atoms with E-state index >= 15 is 0 Å². The third-order valence-electron chi connectivity index (χ3n) is 4.05. The van der Waals surface area contributed by atoms with E-state index in [0.717, 1.165) is 17.6 Å². The summed E-state index contributed by atoms with van der Waals surface area (Å²) < 4.78 is 1.14. The molecule has 3 heteroatoms. The van der Waals surface area contributed by atoms with Crippen LogP contribution in [0.3, 0.4) is 0 Å². The Bertz CT molecular complexity index is 641. The Balaban J connectivity index is 1.83. The number of anilines is 2. The average molecular weight is 345 g/mol. The average Bonchev–Trinajstić information content (AvgIpc) is 2.46. The van der Waals surface area contributed by atoms with E-state index in [0.29, 0.717) is 0 Å². The van der Waals surface area contributed by atoms with Gasteiger partial charge in [-0.1, -0.05) is 24.3 Å². The molecule has 1 heterocycles. The van der Waals surface area contributed by atoms with Gasteiger partial charge in [0.1, 0.15) is 0 Å². The van der Waals surface area contributed by atoms with Gasteiger partial charge in [-0.05, 0) is 70.9 Å². The van der Waals surface area contributed by atoms with Gasteiger partial charge >= 0.3 is 0 Å². The van der Waals surface area contributed by atoms with Crippen LogP contribution >= 0.6 is 15.9 Å². The predicted octanol–water partition coefficient (Wildman–Crippen LogP) is 5.04. The Labute approximate surface area is 135 Å². The quantitative estimate of drug-likeness (QED) is 0.815. The van der Waals surface area contributed by atoms with Crippen LogP contribution < -0.4 is 10.6 Å². The van der Waals surface area contributed by atoms with Crippen LogP contribution in [0, 0.1) is 13.8 Å². The van der Waals surface area contributed by atoms with Gasteiger partial charge in [-0.3, -0.25) is 0 Å². The molecule has 1 aliphatic rings. The highest BCUT2D eigenvalue weighted by Gasteiger charge is 2.12. The van der Waals surface area contributed by atoms with E-state index in [1.165, 1.54) is 46.5 Å². The predicted molar refractivity (Wildman–Crippen MR) is 94.2 cm³/mol. The van der Waals surface area contributed by atoms with Gasteiger partial charge in [0.15, 0.2) is 0 Å². The molecule has 0 saturated heterocycles. The Hall–Kier alpha value is -1.48. The number of aryl methyl sites for hydroxylation is 3. The molecule has 2 aromatic carbocycles. The van der Waals surface area contributed by atoms with Gasteiger partial charge in [0.25, 0.3) is 0 Å². The molecule has 1 aliphatic heterocycles. The molecular weight excluding hydrogens is 324 g/mol. The molecule has 0 unspecified atom stereocenters. The van der Waals surface area contributed by atoms with Crippen molar-refractivity contribution in [3.8, 4) is 0 Å². The highest BCUT2D eigenvalue weighted by molar-refractivity contribution is 9.10. The van der Waals surface area contributed by atoms with Crippen molar-refractivity contribution < 1.29 is 0 Å². The number of benzene rings is 2. The highest BCUT2D eigenvalue weighted by atomic mass is 79.9. The summed E-state index contributed by atoms with van der Waals surface area (Å²) in [6, 6.07) is 11.0. The van der Waals surface area contributed by atoms with Crippen LogP contribution in [0.2, 0.25) is 0 Å². The number of rotatable bonds is 3. The SMILES string of the molecule is Cc1cc(C)c(NCc2cccc3c2NCCC3)c(Br)c1. The van der Waals surface area contributed by atoms with Crippen molar-refractivity contribution in [3.63, 3.8) is 0 Å². The summed E-state index contributed by atoms with van der Waals surface area (Å²) in [7, 11) is 0. The molecule has 0 spiro atoms. The van der Waals surface area contributed by atoms with Gasteiger partial charge in [0.05, 0.1) is 5.69 Å². The summed E-state index contributed by atoms with van der Waals surface area (Å²) >= 11 is 3.67. The maximum absolute atomic E-state index is 3.67. The summed E-state index contributed by atoms with van der Waals surface area (Å²) in [4.78, 5) is 0. The first kappa shape index (κ1) is 14.5. The molecule has 0 aromatic heterocycles. The summed E-state index contributed by atoms with van der Waals surface area (Å²) in [6.45, 7) is 6.20. The molecule has 0 aliphatic carbocycles.